The molecular formula is C15H14O3S. The zero-order chi connectivity index (χ0) is 13.8. The largest absolute Gasteiger partial charge is 0.306 e. The van der Waals surface area contributed by atoms with Gasteiger partial charge in [0.15, 0.2) is 16.9 Å². The minimum atomic E-state index is -2.09. The number of benzene rings is 2. The molecule has 98 valence electrons. The smallest absolute Gasteiger partial charge is 0.177 e. The number of carbonyl (C=O) groups excluding carboxylic acids is 1. The molecule has 19 heavy (non-hydrogen) atoms. The van der Waals surface area contributed by atoms with Crippen molar-refractivity contribution in [1.82, 2.24) is 0 Å². The van der Waals surface area contributed by atoms with Crippen LogP contribution in [-0.4, -0.2) is 20.3 Å². The summed E-state index contributed by atoms with van der Waals surface area (Å²) in [5.74, 6) is -0.680. The van der Waals surface area contributed by atoms with E-state index in [0.29, 0.717) is 5.56 Å². The monoisotopic (exact) mass is 274 g/mol. The predicted octanol–water partition coefficient (Wildman–Crippen LogP) is 3.07. The lowest BCUT2D eigenvalue weighted by Crippen LogP contribution is -2.09. The standard InChI is InChI=1S/C15H14O3S/c1-11-2-4-12(5-3-11)13-6-8-14(9-7-13)15(16)10-19(17)18/h2-9H,10H2,1H3,(H,17,18). The molecule has 3 nitrogen and oxygen atoms in total. The van der Waals surface area contributed by atoms with E-state index in [-0.39, 0.29) is 11.5 Å². The molecule has 0 radical (unpaired) electrons. The molecule has 0 saturated carbocycles. The molecule has 0 spiro atoms. The Morgan fingerprint density at radius 1 is 1.00 bits per heavy atom. The molecule has 0 amide bonds. The Hall–Kier alpha value is -1.78. The third-order valence-electron chi connectivity index (χ3n) is 2.85. The summed E-state index contributed by atoms with van der Waals surface area (Å²) in [5, 5.41) is 0. The SMILES string of the molecule is Cc1ccc(-c2ccc(C(=O)CS(=O)O)cc2)cc1. The molecule has 0 saturated heterocycles. The van der Waals surface area contributed by atoms with Gasteiger partial charge in [0.25, 0.3) is 0 Å². The number of hydrogen-bond acceptors (Lipinski definition) is 2. The van der Waals surface area contributed by atoms with E-state index in [2.05, 4.69) is 0 Å². The number of rotatable bonds is 4. The van der Waals surface area contributed by atoms with E-state index in [1.54, 1.807) is 12.1 Å². The highest BCUT2D eigenvalue weighted by molar-refractivity contribution is 7.80. The maximum Gasteiger partial charge on any atom is 0.177 e. The lowest BCUT2D eigenvalue weighted by atomic mass is 10.0. The Labute approximate surface area is 114 Å². The van der Waals surface area contributed by atoms with Crippen molar-refractivity contribution >= 4 is 16.9 Å². The molecule has 1 N–H and O–H groups in total. The van der Waals surface area contributed by atoms with Gasteiger partial charge in [0, 0.05) is 5.56 Å². The van der Waals surface area contributed by atoms with Crippen LogP contribution in [-0.2, 0) is 11.1 Å². The summed E-state index contributed by atoms with van der Waals surface area (Å²) in [6, 6.07) is 15.2. The summed E-state index contributed by atoms with van der Waals surface area (Å²) in [6.07, 6.45) is 0. The van der Waals surface area contributed by atoms with Crippen molar-refractivity contribution in [2.75, 3.05) is 5.75 Å². The first-order valence-corrected chi connectivity index (χ1v) is 7.11. The first-order chi connectivity index (χ1) is 9.06. The number of ketones is 1. The number of aryl methyl sites for hydroxylation is 1. The van der Waals surface area contributed by atoms with Gasteiger partial charge in [-0.05, 0) is 18.1 Å². The van der Waals surface area contributed by atoms with E-state index >= 15 is 0 Å². The van der Waals surface area contributed by atoms with Gasteiger partial charge in [-0.3, -0.25) is 4.79 Å². The van der Waals surface area contributed by atoms with Crippen LogP contribution in [0.3, 0.4) is 0 Å². The maximum atomic E-state index is 11.6. The van der Waals surface area contributed by atoms with Gasteiger partial charge in [-0.15, -0.1) is 0 Å². The van der Waals surface area contributed by atoms with Crippen LogP contribution in [0.25, 0.3) is 11.1 Å². The van der Waals surface area contributed by atoms with Gasteiger partial charge in [0.2, 0.25) is 0 Å². The second-order valence-electron chi connectivity index (χ2n) is 4.33. The first kappa shape index (κ1) is 13.6. The molecule has 1 atom stereocenters. The van der Waals surface area contributed by atoms with Crippen LogP contribution >= 0.6 is 0 Å². The average Bonchev–Trinajstić information content (AvgIpc) is 2.39. The van der Waals surface area contributed by atoms with Gasteiger partial charge < -0.3 is 4.55 Å². The third kappa shape index (κ3) is 3.59. The zero-order valence-electron chi connectivity index (χ0n) is 10.5. The van der Waals surface area contributed by atoms with E-state index in [9.17, 15) is 9.00 Å². The minimum absolute atomic E-state index is 0.323. The highest BCUT2D eigenvalue weighted by Crippen LogP contribution is 2.20. The van der Waals surface area contributed by atoms with E-state index < -0.39 is 11.1 Å². The Morgan fingerprint density at radius 2 is 1.47 bits per heavy atom. The molecule has 2 rings (SSSR count). The van der Waals surface area contributed by atoms with Crippen molar-refractivity contribution in [3.05, 3.63) is 59.7 Å². The second kappa shape index (κ2) is 5.91. The molecule has 0 aromatic heterocycles. The minimum Gasteiger partial charge on any atom is -0.306 e. The third-order valence-corrected chi connectivity index (χ3v) is 3.36. The van der Waals surface area contributed by atoms with Crippen LogP contribution in [0.2, 0.25) is 0 Å². The fourth-order valence-corrected chi connectivity index (χ4v) is 2.18. The van der Waals surface area contributed by atoms with E-state index in [1.165, 1.54) is 5.56 Å². The summed E-state index contributed by atoms with van der Waals surface area (Å²) >= 11 is -2.09. The highest BCUT2D eigenvalue weighted by Gasteiger charge is 2.09. The lowest BCUT2D eigenvalue weighted by Gasteiger charge is -2.04. The molecule has 0 bridgehead atoms. The molecular weight excluding hydrogens is 260 g/mol. The maximum absolute atomic E-state index is 11.6. The molecule has 0 heterocycles. The number of carbonyl (C=O) groups is 1. The molecule has 4 heteroatoms. The first-order valence-electron chi connectivity index (χ1n) is 5.84. The number of Topliss-reactive ketones (excluding diaryl/α,β-unsaturated/α-hetero) is 1. The number of hydrogen-bond donors (Lipinski definition) is 1. The molecule has 0 aliphatic carbocycles. The van der Waals surface area contributed by atoms with Gasteiger partial charge in [0.05, 0.1) is 0 Å². The Morgan fingerprint density at radius 3 is 1.95 bits per heavy atom. The molecule has 0 fully saturated rings. The van der Waals surface area contributed by atoms with Crippen molar-refractivity contribution in [1.29, 1.82) is 0 Å². The van der Waals surface area contributed by atoms with Crippen LogP contribution in [0.1, 0.15) is 15.9 Å². The molecule has 0 aliphatic rings. The van der Waals surface area contributed by atoms with E-state index in [1.807, 2.05) is 43.3 Å². The van der Waals surface area contributed by atoms with Gasteiger partial charge in [-0.2, -0.15) is 0 Å². The van der Waals surface area contributed by atoms with Gasteiger partial charge >= 0.3 is 0 Å². The normalized spacial score (nSPS) is 12.1. The van der Waals surface area contributed by atoms with Crippen LogP contribution in [0, 0.1) is 6.92 Å². The van der Waals surface area contributed by atoms with E-state index in [0.717, 1.165) is 11.1 Å². The van der Waals surface area contributed by atoms with Crippen LogP contribution in [0.4, 0.5) is 0 Å². The average molecular weight is 274 g/mol. The lowest BCUT2D eigenvalue weighted by molar-refractivity contribution is 0.102. The quantitative estimate of drug-likeness (QED) is 0.688. The van der Waals surface area contributed by atoms with Crippen molar-refractivity contribution in [3.63, 3.8) is 0 Å². The zero-order valence-corrected chi connectivity index (χ0v) is 11.3. The van der Waals surface area contributed by atoms with Crippen molar-refractivity contribution in [2.24, 2.45) is 0 Å². The Kier molecular flexibility index (Phi) is 4.24. The van der Waals surface area contributed by atoms with Crippen LogP contribution < -0.4 is 0 Å². The Balaban J connectivity index is 2.21. The van der Waals surface area contributed by atoms with Crippen LogP contribution in [0.15, 0.2) is 48.5 Å². The van der Waals surface area contributed by atoms with Crippen molar-refractivity contribution in [3.8, 4) is 11.1 Å². The second-order valence-corrected chi connectivity index (χ2v) is 5.26. The molecule has 0 aliphatic heterocycles. The predicted molar refractivity (Wildman–Crippen MR) is 76.6 cm³/mol. The molecule has 2 aromatic rings. The summed E-state index contributed by atoms with van der Waals surface area (Å²) in [6.45, 7) is 2.03. The summed E-state index contributed by atoms with van der Waals surface area (Å²) in [5.41, 5.74) is 3.75. The van der Waals surface area contributed by atoms with Gasteiger partial charge in [0.1, 0.15) is 5.75 Å². The van der Waals surface area contributed by atoms with Crippen LogP contribution in [0.5, 0.6) is 0 Å². The Bertz CT molecular complexity index is 600. The topological polar surface area (TPSA) is 54.4 Å². The fourth-order valence-electron chi connectivity index (χ4n) is 1.79. The summed E-state index contributed by atoms with van der Waals surface area (Å²) in [4.78, 5) is 11.6. The molecule has 2 aromatic carbocycles. The van der Waals surface area contributed by atoms with E-state index in [4.69, 9.17) is 4.55 Å². The van der Waals surface area contributed by atoms with Crippen molar-refractivity contribution < 1.29 is 13.6 Å². The summed E-state index contributed by atoms with van der Waals surface area (Å²) < 4.78 is 19.3. The molecule has 1 unspecified atom stereocenters. The summed E-state index contributed by atoms with van der Waals surface area (Å²) in [7, 11) is 0. The van der Waals surface area contributed by atoms with Gasteiger partial charge in [-0.1, -0.05) is 54.1 Å². The highest BCUT2D eigenvalue weighted by atomic mass is 32.2. The fraction of sp³-hybridized carbons (Fsp3) is 0.133. The van der Waals surface area contributed by atoms with Gasteiger partial charge in [-0.25, -0.2) is 4.21 Å². The van der Waals surface area contributed by atoms with Crippen molar-refractivity contribution in [2.45, 2.75) is 6.92 Å².